The molecular formula is C8H9N3O. The molecule has 0 radical (unpaired) electrons. The van der Waals surface area contributed by atoms with Gasteiger partial charge in [-0.3, -0.25) is 4.68 Å². The molecule has 1 N–H and O–H groups in total. The molecule has 0 aliphatic heterocycles. The van der Waals surface area contributed by atoms with Crippen molar-refractivity contribution in [2.45, 2.75) is 18.9 Å². The molecule has 1 aromatic heterocycles. The molecule has 0 unspecified atom stereocenters. The van der Waals surface area contributed by atoms with E-state index in [0.717, 1.165) is 12.8 Å². The summed E-state index contributed by atoms with van der Waals surface area (Å²) >= 11 is 0. The SMILES string of the molecule is N#CC1CC(n2cc(O)cn2)C1. The Morgan fingerprint density at radius 3 is 2.92 bits per heavy atom. The molecule has 2 rings (SSSR count). The molecule has 4 nitrogen and oxygen atoms in total. The Hall–Kier alpha value is -1.50. The summed E-state index contributed by atoms with van der Waals surface area (Å²) < 4.78 is 1.73. The molecule has 0 bridgehead atoms. The first-order valence-corrected chi connectivity index (χ1v) is 3.92. The van der Waals surface area contributed by atoms with E-state index in [1.54, 1.807) is 10.9 Å². The number of nitriles is 1. The largest absolute Gasteiger partial charge is 0.505 e. The molecule has 1 fully saturated rings. The number of rotatable bonds is 1. The Bertz CT molecular complexity index is 319. The van der Waals surface area contributed by atoms with Crippen molar-refractivity contribution in [1.29, 1.82) is 5.26 Å². The Kier molecular flexibility index (Phi) is 1.51. The van der Waals surface area contributed by atoms with Crippen LogP contribution in [0, 0.1) is 17.2 Å². The minimum atomic E-state index is 0.182. The molecule has 1 saturated carbocycles. The topological polar surface area (TPSA) is 61.8 Å². The summed E-state index contributed by atoms with van der Waals surface area (Å²) in [7, 11) is 0. The van der Waals surface area contributed by atoms with Gasteiger partial charge in [-0.1, -0.05) is 0 Å². The fourth-order valence-corrected chi connectivity index (χ4v) is 1.44. The van der Waals surface area contributed by atoms with E-state index in [9.17, 15) is 0 Å². The molecule has 1 aliphatic carbocycles. The quantitative estimate of drug-likeness (QED) is 0.673. The second kappa shape index (κ2) is 2.52. The first kappa shape index (κ1) is 7.17. The van der Waals surface area contributed by atoms with Gasteiger partial charge in [0.05, 0.1) is 30.4 Å². The van der Waals surface area contributed by atoms with Crippen molar-refractivity contribution >= 4 is 0 Å². The predicted molar refractivity (Wildman–Crippen MR) is 41.3 cm³/mol. The molecule has 1 aliphatic rings. The van der Waals surface area contributed by atoms with Gasteiger partial charge in [-0.05, 0) is 12.8 Å². The van der Waals surface area contributed by atoms with Crippen LogP contribution in [0.1, 0.15) is 18.9 Å². The lowest BCUT2D eigenvalue weighted by molar-refractivity contribution is 0.229. The van der Waals surface area contributed by atoms with Gasteiger partial charge in [-0.25, -0.2) is 0 Å². The van der Waals surface area contributed by atoms with Crippen LogP contribution in [0.2, 0.25) is 0 Å². The number of hydrogen-bond donors (Lipinski definition) is 1. The van der Waals surface area contributed by atoms with Crippen LogP contribution in [0.4, 0.5) is 0 Å². The van der Waals surface area contributed by atoms with Gasteiger partial charge < -0.3 is 5.11 Å². The Morgan fingerprint density at radius 1 is 1.67 bits per heavy atom. The molecule has 0 amide bonds. The zero-order chi connectivity index (χ0) is 8.55. The molecular weight excluding hydrogens is 154 g/mol. The Labute approximate surface area is 70.0 Å². The molecule has 0 spiro atoms. The summed E-state index contributed by atoms with van der Waals surface area (Å²) in [5.74, 6) is 0.372. The summed E-state index contributed by atoms with van der Waals surface area (Å²) in [5.41, 5.74) is 0. The lowest BCUT2D eigenvalue weighted by Crippen LogP contribution is -2.25. The Balaban J connectivity index is 2.02. The van der Waals surface area contributed by atoms with Gasteiger partial charge in [0.2, 0.25) is 0 Å². The van der Waals surface area contributed by atoms with E-state index in [1.807, 2.05) is 0 Å². The van der Waals surface area contributed by atoms with Crippen molar-refractivity contribution < 1.29 is 5.11 Å². The first-order chi connectivity index (χ1) is 5.79. The van der Waals surface area contributed by atoms with Crippen LogP contribution in [0.3, 0.4) is 0 Å². The van der Waals surface area contributed by atoms with Gasteiger partial charge in [0.15, 0.2) is 5.75 Å². The average molecular weight is 163 g/mol. The highest BCUT2D eigenvalue weighted by Crippen LogP contribution is 2.36. The summed E-state index contributed by atoms with van der Waals surface area (Å²) in [6.07, 6.45) is 4.73. The van der Waals surface area contributed by atoms with Gasteiger partial charge in [0.25, 0.3) is 0 Å². The molecule has 0 atom stereocenters. The van der Waals surface area contributed by atoms with Crippen molar-refractivity contribution in [2.75, 3.05) is 0 Å². The number of aromatic nitrogens is 2. The summed E-state index contributed by atoms with van der Waals surface area (Å²) in [4.78, 5) is 0. The van der Waals surface area contributed by atoms with Crippen LogP contribution in [0.25, 0.3) is 0 Å². The molecule has 1 heterocycles. The van der Waals surface area contributed by atoms with Crippen LogP contribution in [0.5, 0.6) is 5.75 Å². The van der Waals surface area contributed by atoms with Gasteiger partial charge in [-0.15, -0.1) is 0 Å². The lowest BCUT2D eigenvalue weighted by Gasteiger charge is -2.30. The average Bonchev–Trinajstić information content (AvgIpc) is 2.34. The van der Waals surface area contributed by atoms with Gasteiger partial charge in [0.1, 0.15) is 0 Å². The van der Waals surface area contributed by atoms with Crippen molar-refractivity contribution in [3.63, 3.8) is 0 Å². The molecule has 1 aromatic rings. The maximum absolute atomic E-state index is 9.00. The summed E-state index contributed by atoms with van der Waals surface area (Å²) in [6.45, 7) is 0. The van der Waals surface area contributed by atoms with Crippen LogP contribution in [-0.2, 0) is 0 Å². The fraction of sp³-hybridized carbons (Fsp3) is 0.500. The standard InChI is InChI=1S/C8H9N3O/c9-3-6-1-7(2-6)11-5-8(12)4-10-11/h4-7,12H,1-2H2. The molecule has 0 saturated heterocycles. The van der Waals surface area contributed by atoms with E-state index in [0.29, 0.717) is 6.04 Å². The van der Waals surface area contributed by atoms with E-state index >= 15 is 0 Å². The van der Waals surface area contributed by atoms with Crippen LogP contribution >= 0.6 is 0 Å². The lowest BCUT2D eigenvalue weighted by atomic mass is 9.81. The van der Waals surface area contributed by atoms with E-state index in [1.165, 1.54) is 6.20 Å². The normalized spacial score (nSPS) is 27.6. The third-order valence-corrected chi connectivity index (χ3v) is 2.26. The van der Waals surface area contributed by atoms with Crippen molar-refractivity contribution in [1.82, 2.24) is 9.78 Å². The number of hydrogen-bond acceptors (Lipinski definition) is 3. The van der Waals surface area contributed by atoms with Crippen molar-refractivity contribution in [2.24, 2.45) is 5.92 Å². The van der Waals surface area contributed by atoms with E-state index in [4.69, 9.17) is 10.4 Å². The highest BCUT2D eigenvalue weighted by molar-refractivity contribution is 5.10. The van der Waals surface area contributed by atoms with Gasteiger partial charge >= 0.3 is 0 Å². The van der Waals surface area contributed by atoms with Crippen LogP contribution < -0.4 is 0 Å². The third-order valence-electron chi connectivity index (χ3n) is 2.26. The number of nitrogens with zero attached hydrogens (tertiary/aromatic N) is 3. The molecule has 12 heavy (non-hydrogen) atoms. The fourth-order valence-electron chi connectivity index (χ4n) is 1.44. The van der Waals surface area contributed by atoms with E-state index in [2.05, 4.69) is 11.2 Å². The maximum atomic E-state index is 9.00. The van der Waals surface area contributed by atoms with Crippen molar-refractivity contribution in [3.05, 3.63) is 12.4 Å². The van der Waals surface area contributed by atoms with Gasteiger partial charge in [0, 0.05) is 0 Å². The third kappa shape index (κ3) is 1.03. The predicted octanol–water partition coefficient (Wildman–Crippen LogP) is 1.06. The molecule has 0 aromatic carbocycles. The highest BCUT2D eigenvalue weighted by atomic mass is 16.3. The van der Waals surface area contributed by atoms with Crippen LogP contribution in [0.15, 0.2) is 12.4 Å². The zero-order valence-corrected chi connectivity index (χ0v) is 6.51. The second-order valence-corrected chi connectivity index (χ2v) is 3.13. The summed E-state index contributed by atoms with van der Waals surface area (Å²) in [6, 6.07) is 2.52. The highest BCUT2D eigenvalue weighted by Gasteiger charge is 2.30. The van der Waals surface area contributed by atoms with Gasteiger partial charge in [-0.2, -0.15) is 10.4 Å². The minimum absolute atomic E-state index is 0.182. The number of aromatic hydroxyl groups is 1. The summed E-state index contributed by atoms with van der Waals surface area (Å²) in [5, 5.41) is 21.5. The van der Waals surface area contributed by atoms with E-state index in [-0.39, 0.29) is 11.7 Å². The zero-order valence-electron chi connectivity index (χ0n) is 6.51. The molecule has 4 heteroatoms. The van der Waals surface area contributed by atoms with Crippen molar-refractivity contribution in [3.8, 4) is 11.8 Å². The van der Waals surface area contributed by atoms with E-state index < -0.39 is 0 Å². The smallest absolute Gasteiger partial charge is 0.153 e. The minimum Gasteiger partial charge on any atom is -0.505 e. The second-order valence-electron chi connectivity index (χ2n) is 3.13. The molecule has 62 valence electrons. The van der Waals surface area contributed by atoms with Crippen LogP contribution in [-0.4, -0.2) is 14.9 Å². The monoisotopic (exact) mass is 163 g/mol. The first-order valence-electron chi connectivity index (χ1n) is 3.92. The maximum Gasteiger partial charge on any atom is 0.153 e. The Morgan fingerprint density at radius 2 is 2.42 bits per heavy atom.